The van der Waals surface area contributed by atoms with Crippen LogP contribution in [0.5, 0.6) is 0 Å². The summed E-state index contributed by atoms with van der Waals surface area (Å²) >= 11 is 1.38. The Morgan fingerprint density at radius 1 is 0.944 bits per heavy atom. The topological polar surface area (TPSA) is 96.5 Å². The summed E-state index contributed by atoms with van der Waals surface area (Å²) in [5.74, 6) is -0.665. The second kappa shape index (κ2) is 12.5. The lowest BCUT2D eigenvalue weighted by atomic mass is 10.1. The maximum absolute atomic E-state index is 13.0. The van der Waals surface area contributed by atoms with Gasteiger partial charge in [-0.2, -0.15) is 0 Å². The van der Waals surface area contributed by atoms with Crippen molar-refractivity contribution in [3.05, 3.63) is 101 Å². The molecular formula is C28H26N3O4S. The lowest BCUT2D eigenvalue weighted by molar-refractivity contribution is -0.118. The van der Waals surface area contributed by atoms with Gasteiger partial charge in [-0.3, -0.25) is 9.59 Å². The van der Waals surface area contributed by atoms with Gasteiger partial charge >= 0.3 is 6.09 Å². The third-order valence-electron chi connectivity index (χ3n) is 5.39. The van der Waals surface area contributed by atoms with Crippen LogP contribution in [0.3, 0.4) is 0 Å². The van der Waals surface area contributed by atoms with Crippen LogP contribution in [0.2, 0.25) is 0 Å². The summed E-state index contributed by atoms with van der Waals surface area (Å²) in [6.45, 7) is 0.476. The normalized spacial score (nSPS) is 11.4. The highest BCUT2D eigenvalue weighted by Crippen LogP contribution is 2.25. The molecule has 0 aliphatic rings. The third kappa shape index (κ3) is 7.16. The van der Waals surface area contributed by atoms with Gasteiger partial charge in [0.2, 0.25) is 5.91 Å². The molecule has 1 aromatic heterocycles. The molecule has 0 aliphatic carbocycles. The first-order chi connectivity index (χ1) is 17.6. The van der Waals surface area contributed by atoms with Crippen LogP contribution in [0, 0.1) is 6.07 Å². The Morgan fingerprint density at radius 2 is 1.72 bits per heavy atom. The number of alkyl carbamates (subject to hydrolysis) is 1. The van der Waals surface area contributed by atoms with Crippen molar-refractivity contribution in [2.45, 2.75) is 25.5 Å². The highest BCUT2D eigenvalue weighted by atomic mass is 32.1. The van der Waals surface area contributed by atoms with Gasteiger partial charge in [-0.15, -0.1) is 11.3 Å². The van der Waals surface area contributed by atoms with Gasteiger partial charge < -0.3 is 20.7 Å². The molecule has 3 N–H and O–H groups in total. The van der Waals surface area contributed by atoms with Gasteiger partial charge in [0.1, 0.15) is 12.6 Å². The smallest absolute Gasteiger partial charge is 0.407 e. The highest BCUT2D eigenvalue weighted by molar-refractivity contribution is 7.20. The third-order valence-corrected chi connectivity index (χ3v) is 6.50. The maximum atomic E-state index is 13.0. The molecule has 3 amide bonds. The Hall–Kier alpha value is -4.17. The SMILES string of the molecule is O=C(NCCC[C@H](NC(=O)c1cc2ccccc2s1)C(=O)Nc1[c]cccc1)OCc1ccccc1. The molecule has 0 aliphatic heterocycles. The van der Waals surface area contributed by atoms with Gasteiger partial charge in [0.05, 0.1) is 4.88 Å². The number of nitrogens with one attached hydrogen (secondary N) is 3. The summed E-state index contributed by atoms with van der Waals surface area (Å²) in [5, 5.41) is 9.31. The predicted molar refractivity (Wildman–Crippen MR) is 141 cm³/mol. The average molecular weight is 501 g/mol. The Labute approximate surface area is 213 Å². The molecule has 0 saturated carbocycles. The summed E-state index contributed by atoms with van der Waals surface area (Å²) in [6.07, 6.45) is 0.255. The number of para-hydroxylation sites is 1. The van der Waals surface area contributed by atoms with Crippen LogP contribution in [0.15, 0.2) is 84.9 Å². The van der Waals surface area contributed by atoms with E-state index in [-0.39, 0.29) is 18.4 Å². The molecule has 3 aromatic carbocycles. The van der Waals surface area contributed by atoms with Crippen LogP contribution >= 0.6 is 11.3 Å². The van der Waals surface area contributed by atoms with Crippen LogP contribution in [0.1, 0.15) is 28.1 Å². The van der Waals surface area contributed by atoms with E-state index in [0.717, 1.165) is 15.6 Å². The van der Waals surface area contributed by atoms with E-state index in [1.54, 1.807) is 24.3 Å². The number of rotatable bonds is 10. The van der Waals surface area contributed by atoms with E-state index in [1.165, 1.54) is 11.3 Å². The zero-order valence-corrected chi connectivity index (χ0v) is 20.3. The first kappa shape index (κ1) is 24.9. The predicted octanol–water partition coefficient (Wildman–Crippen LogP) is 5.15. The van der Waals surface area contributed by atoms with E-state index in [1.807, 2.05) is 60.7 Å². The van der Waals surface area contributed by atoms with Crippen molar-refractivity contribution >= 4 is 45.0 Å². The zero-order chi connectivity index (χ0) is 25.2. The summed E-state index contributed by atoms with van der Waals surface area (Å²) in [5.41, 5.74) is 1.41. The number of ether oxygens (including phenoxy) is 1. The van der Waals surface area contributed by atoms with Gasteiger partial charge in [-0.25, -0.2) is 4.79 Å². The molecule has 1 radical (unpaired) electrons. The van der Waals surface area contributed by atoms with E-state index in [0.29, 0.717) is 30.0 Å². The number of amides is 3. The Bertz CT molecular complexity index is 1280. The van der Waals surface area contributed by atoms with E-state index in [9.17, 15) is 14.4 Å². The van der Waals surface area contributed by atoms with Crippen molar-refractivity contribution in [1.82, 2.24) is 10.6 Å². The van der Waals surface area contributed by atoms with Crippen LogP contribution in [0.4, 0.5) is 10.5 Å². The number of thiophene rings is 1. The minimum absolute atomic E-state index is 0.177. The Morgan fingerprint density at radius 3 is 2.50 bits per heavy atom. The highest BCUT2D eigenvalue weighted by Gasteiger charge is 2.22. The molecule has 183 valence electrons. The Balaban J connectivity index is 1.32. The molecule has 0 unspecified atom stereocenters. The minimum atomic E-state index is -0.793. The van der Waals surface area contributed by atoms with Crippen LogP contribution < -0.4 is 16.0 Å². The van der Waals surface area contributed by atoms with Gasteiger partial charge in [0, 0.05) is 23.0 Å². The molecule has 36 heavy (non-hydrogen) atoms. The van der Waals surface area contributed by atoms with Gasteiger partial charge in [-0.1, -0.05) is 66.7 Å². The summed E-state index contributed by atoms with van der Waals surface area (Å²) in [7, 11) is 0. The standard InChI is InChI=1S/C28H26N3O4S/c32-26(30-22-13-5-2-6-14-22)23(31-27(33)25-18-21-12-7-8-16-24(21)36-25)15-9-17-29-28(34)35-19-20-10-3-1-4-11-20/h1-8,10-13,16,18,23H,9,15,17,19H2,(H,29,34)(H,30,32)(H,31,33)/t23-/m0/s1. The summed E-state index contributed by atoms with van der Waals surface area (Å²) < 4.78 is 6.21. The van der Waals surface area contributed by atoms with Crippen molar-refractivity contribution in [3.8, 4) is 0 Å². The van der Waals surface area contributed by atoms with Gasteiger partial charge in [0.25, 0.3) is 5.91 Å². The first-order valence-corrected chi connectivity index (χ1v) is 12.4. The quantitative estimate of drug-likeness (QED) is 0.263. The zero-order valence-electron chi connectivity index (χ0n) is 19.5. The second-order valence-corrected chi connectivity index (χ2v) is 9.15. The van der Waals surface area contributed by atoms with Crippen LogP contribution in [-0.4, -0.2) is 30.5 Å². The molecule has 0 bridgehead atoms. The second-order valence-electron chi connectivity index (χ2n) is 8.07. The largest absolute Gasteiger partial charge is 0.445 e. The molecule has 1 atom stereocenters. The molecule has 7 nitrogen and oxygen atoms in total. The van der Waals surface area contributed by atoms with Gasteiger partial charge in [0.15, 0.2) is 0 Å². The fourth-order valence-corrected chi connectivity index (χ4v) is 4.52. The van der Waals surface area contributed by atoms with Crippen LogP contribution in [-0.2, 0) is 16.1 Å². The van der Waals surface area contributed by atoms with Crippen LogP contribution in [0.25, 0.3) is 10.1 Å². The molecule has 1 heterocycles. The fourth-order valence-electron chi connectivity index (χ4n) is 3.55. The number of carbonyl (C=O) groups excluding carboxylic acids is 3. The van der Waals surface area contributed by atoms with E-state index in [4.69, 9.17) is 4.74 Å². The minimum Gasteiger partial charge on any atom is -0.445 e. The number of hydrogen-bond donors (Lipinski definition) is 3. The van der Waals surface area contributed by atoms with E-state index < -0.39 is 12.1 Å². The molecular weight excluding hydrogens is 474 g/mol. The van der Waals surface area contributed by atoms with Crippen molar-refractivity contribution in [2.24, 2.45) is 0 Å². The molecule has 0 saturated heterocycles. The molecule has 4 rings (SSSR count). The van der Waals surface area contributed by atoms with Gasteiger partial charge in [-0.05, 0) is 42.0 Å². The maximum Gasteiger partial charge on any atom is 0.407 e. The molecule has 4 aromatic rings. The summed E-state index contributed by atoms with van der Waals surface area (Å²) in [4.78, 5) is 38.5. The Kier molecular flexibility index (Phi) is 8.67. The molecule has 8 heteroatoms. The van der Waals surface area contributed by atoms with E-state index >= 15 is 0 Å². The van der Waals surface area contributed by atoms with Crippen molar-refractivity contribution < 1.29 is 19.1 Å². The van der Waals surface area contributed by atoms with E-state index in [2.05, 4.69) is 22.0 Å². The fraction of sp³-hybridized carbons (Fsp3) is 0.179. The number of hydrogen-bond acceptors (Lipinski definition) is 5. The van der Waals surface area contributed by atoms with Crippen molar-refractivity contribution in [1.29, 1.82) is 0 Å². The lowest BCUT2D eigenvalue weighted by Gasteiger charge is -2.18. The monoisotopic (exact) mass is 500 g/mol. The number of benzene rings is 3. The molecule has 0 spiro atoms. The number of anilines is 1. The number of fused-ring (bicyclic) bond motifs is 1. The summed E-state index contributed by atoms with van der Waals surface area (Å²) in [6, 6.07) is 28.1. The first-order valence-electron chi connectivity index (χ1n) is 11.6. The average Bonchev–Trinajstić information content (AvgIpc) is 3.35. The number of carbonyl (C=O) groups is 3. The van der Waals surface area contributed by atoms with Crippen molar-refractivity contribution in [3.63, 3.8) is 0 Å². The lowest BCUT2D eigenvalue weighted by Crippen LogP contribution is -2.44. The van der Waals surface area contributed by atoms with Crippen molar-refractivity contribution in [2.75, 3.05) is 11.9 Å². The molecule has 0 fully saturated rings.